The first-order valence-electron chi connectivity index (χ1n) is 11.4. The van der Waals surface area contributed by atoms with Gasteiger partial charge in [0.25, 0.3) is 5.89 Å². The van der Waals surface area contributed by atoms with Gasteiger partial charge in [-0.05, 0) is 51.5 Å². The third kappa shape index (κ3) is 5.84. The quantitative estimate of drug-likeness (QED) is 0.248. The molecule has 0 aliphatic heterocycles. The lowest BCUT2D eigenvalue weighted by molar-refractivity contribution is -0.139. The van der Waals surface area contributed by atoms with Crippen molar-refractivity contribution in [1.29, 1.82) is 0 Å². The number of ether oxygens (including phenoxy) is 2. The van der Waals surface area contributed by atoms with Gasteiger partial charge in [0.15, 0.2) is 6.61 Å². The van der Waals surface area contributed by atoms with Gasteiger partial charge in [-0.25, -0.2) is 4.79 Å². The van der Waals surface area contributed by atoms with Crippen molar-refractivity contribution in [3.8, 4) is 17.1 Å². The van der Waals surface area contributed by atoms with Gasteiger partial charge >= 0.3 is 5.97 Å². The fourth-order valence-electron chi connectivity index (χ4n) is 3.66. The van der Waals surface area contributed by atoms with Crippen molar-refractivity contribution in [3.05, 3.63) is 88.6 Å². The van der Waals surface area contributed by atoms with Crippen LogP contribution >= 0.6 is 0 Å². The summed E-state index contributed by atoms with van der Waals surface area (Å²) in [6.07, 6.45) is 3.11. The van der Waals surface area contributed by atoms with Crippen LogP contribution in [0.25, 0.3) is 17.5 Å². The SMILES string of the molecule is CCOc1ccccc1-c1noc(COC(=O)/C=C/c2c(C)nn(Cc3ccc(C)cc3)c2C)n1. The number of aromatic nitrogens is 4. The van der Waals surface area contributed by atoms with Crippen LogP contribution in [0.3, 0.4) is 0 Å². The van der Waals surface area contributed by atoms with Crippen LogP contribution in [0.4, 0.5) is 0 Å². The number of benzene rings is 2. The molecule has 180 valence electrons. The lowest BCUT2D eigenvalue weighted by Gasteiger charge is -2.06. The maximum absolute atomic E-state index is 12.3. The van der Waals surface area contributed by atoms with E-state index >= 15 is 0 Å². The van der Waals surface area contributed by atoms with E-state index in [-0.39, 0.29) is 12.5 Å². The average Bonchev–Trinajstić information content (AvgIpc) is 3.43. The molecule has 0 spiro atoms. The first kappa shape index (κ1) is 23.9. The Morgan fingerprint density at radius 2 is 1.86 bits per heavy atom. The van der Waals surface area contributed by atoms with Crippen molar-refractivity contribution in [2.24, 2.45) is 0 Å². The van der Waals surface area contributed by atoms with Crippen LogP contribution in [-0.4, -0.2) is 32.5 Å². The molecule has 0 N–H and O–H groups in total. The van der Waals surface area contributed by atoms with E-state index in [1.165, 1.54) is 17.2 Å². The van der Waals surface area contributed by atoms with E-state index in [0.717, 1.165) is 17.0 Å². The summed E-state index contributed by atoms with van der Waals surface area (Å²) < 4.78 is 18.1. The third-order valence-electron chi connectivity index (χ3n) is 5.51. The summed E-state index contributed by atoms with van der Waals surface area (Å²) in [5.41, 5.74) is 5.80. The van der Waals surface area contributed by atoms with E-state index in [2.05, 4.69) is 46.4 Å². The molecule has 0 atom stereocenters. The van der Waals surface area contributed by atoms with E-state index in [4.69, 9.17) is 14.0 Å². The summed E-state index contributed by atoms with van der Waals surface area (Å²) in [5, 5.41) is 8.60. The number of aryl methyl sites for hydroxylation is 2. The van der Waals surface area contributed by atoms with Crippen molar-refractivity contribution >= 4 is 12.0 Å². The summed E-state index contributed by atoms with van der Waals surface area (Å²) in [6, 6.07) is 15.8. The van der Waals surface area contributed by atoms with Gasteiger partial charge in [-0.1, -0.05) is 47.1 Å². The Hall–Kier alpha value is -4.20. The van der Waals surface area contributed by atoms with Crippen LogP contribution in [0.2, 0.25) is 0 Å². The Labute approximate surface area is 204 Å². The predicted molar refractivity (Wildman–Crippen MR) is 132 cm³/mol. The molecule has 2 heterocycles. The first-order valence-corrected chi connectivity index (χ1v) is 11.4. The Morgan fingerprint density at radius 1 is 1.09 bits per heavy atom. The second kappa shape index (κ2) is 10.8. The van der Waals surface area contributed by atoms with E-state index in [0.29, 0.717) is 30.3 Å². The van der Waals surface area contributed by atoms with Gasteiger partial charge in [-0.3, -0.25) is 4.68 Å². The zero-order valence-corrected chi connectivity index (χ0v) is 20.3. The zero-order chi connectivity index (χ0) is 24.8. The fraction of sp³-hybridized carbons (Fsp3) is 0.259. The summed E-state index contributed by atoms with van der Waals surface area (Å²) in [4.78, 5) is 16.6. The van der Waals surface area contributed by atoms with Crippen molar-refractivity contribution in [3.63, 3.8) is 0 Å². The fourth-order valence-corrected chi connectivity index (χ4v) is 3.66. The second-order valence-corrected chi connectivity index (χ2v) is 8.11. The van der Waals surface area contributed by atoms with Crippen LogP contribution in [0.15, 0.2) is 59.1 Å². The molecule has 2 aromatic heterocycles. The minimum absolute atomic E-state index is 0.127. The number of esters is 1. The standard InChI is InChI=1S/C27H28N4O4/c1-5-33-24-9-7-6-8-23(24)27-28-25(35-30-27)17-34-26(32)15-14-22-19(3)29-31(20(22)4)16-21-12-10-18(2)11-13-21/h6-15H,5,16-17H2,1-4H3/b15-14+. The van der Waals surface area contributed by atoms with Crippen LogP contribution in [-0.2, 0) is 22.7 Å². The number of rotatable bonds is 9. The number of nitrogens with zero attached hydrogens (tertiary/aromatic N) is 4. The smallest absolute Gasteiger partial charge is 0.331 e. The molecule has 0 aliphatic carbocycles. The second-order valence-electron chi connectivity index (χ2n) is 8.11. The van der Waals surface area contributed by atoms with E-state index < -0.39 is 5.97 Å². The first-order chi connectivity index (χ1) is 16.9. The van der Waals surface area contributed by atoms with E-state index in [9.17, 15) is 4.79 Å². The molecule has 2 aromatic carbocycles. The molecule has 0 bridgehead atoms. The van der Waals surface area contributed by atoms with Crippen LogP contribution in [0.5, 0.6) is 5.75 Å². The van der Waals surface area contributed by atoms with Gasteiger partial charge in [-0.2, -0.15) is 10.1 Å². The number of carbonyl (C=O) groups is 1. The highest BCUT2D eigenvalue weighted by Gasteiger charge is 2.15. The molecule has 8 nitrogen and oxygen atoms in total. The van der Waals surface area contributed by atoms with Crippen molar-refractivity contribution in [2.45, 2.75) is 40.8 Å². The molecule has 4 aromatic rings. The summed E-state index contributed by atoms with van der Waals surface area (Å²) in [5.74, 6) is 0.731. The minimum Gasteiger partial charge on any atom is -0.493 e. The number of carbonyl (C=O) groups excluding carboxylic acids is 1. The summed E-state index contributed by atoms with van der Waals surface area (Å²) >= 11 is 0. The largest absolute Gasteiger partial charge is 0.493 e. The van der Waals surface area contributed by atoms with Gasteiger partial charge in [0, 0.05) is 17.3 Å². The molecule has 0 saturated heterocycles. The Kier molecular flexibility index (Phi) is 7.40. The zero-order valence-electron chi connectivity index (χ0n) is 20.3. The van der Waals surface area contributed by atoms with Gasteiger partial charge in [0.1, 0.15) is 5.75 Å². The third-order valence-corrected chi connectivity index (χ3v) is 5.51. The van der Waals surface area contributed by atoms with Crippen molar-refractivity contribution < 1.29 is 18.8 Å². The van der Waals surface area contributed by atoms with Crippen LogP contribution in [0.1, 0.15) is 40.9 Å². The molecule has 35 heavy (non-hydrogen) atoms. The van der Waals surface area contributed by atoms with Crippen molar-refractivity contribution in [2.75, 3.05) is 6.61 Å². The van der Waals surface area contributed by atoms with Gasteiger partial charge in [-0.15, -0.1) is 0 Å². The average molecular weight is 473 g/mol. The molecule has 0 saturated carbocycles. The number of hydrogen-bond donors (Lipinski definition) is 0. The maximum atomic E-state index is 12.3. The normalized spacial score (nSPS) is 11.2. The lowest BCUT2D eigenvalue weighted by atomic mass is 10.1. The topological polar surface area (TPSA) is 92.3 Å². The number of hydrogen-bond acceptors (Lipinski definition) is 7. The summed E-state index contributed by atoms with van der Waals surface area (Å²) in [7, 11) is 0. The molecular formula is C27H28N4O4. The lowest BCUT2D eigenvalue weighted by Crippen LogP contribution is -2.04. The highest BCUT2D eigenvalue weighted by atomic mass is 16.6. The molecule has 0 radical (unpaired) electrons. The molecule has 0 unspecified atom stereocenters. The Balaban J connectivity index is 1.37. The molecule has 0 amide bonds. The van der Waals surface area contributed by atoms with Crippen LogP contribution < -0.4 is 4.74 Å². The molecule has 8 heteroatoms. The molecule has 0 aliphatic rings. The summed E-state index contributed by atoms with van der Waals surface area (Å²) in [6.45, 7) is 8.94. The monoisotopic (exact) mass is 472 g/mol. The van der Waals surface area contributed by atoms with Gasteiger partial charge in [0.2, 0.25) is 5.82 Å². The highest BCUT2D eigenvalue weighted by Crippen LogP contribution is 2.27. The molecule has 0 fully saturated rings. The number of para-hydroxylation sites is 1. The Bertz CT molecular complexity index is 1340. The van der Waals surface area contributed by atoms with Gasteiger partial charge < -0.3 is 14.0 Å². The minimum atomic E-state index is -0.510. The molecule has 4 rings (SSSR count). The molecular weight excluding hydrogens is 444 g/mol. The van der Waals surface area contributed by atoms with Gasteiger partial charge in [0.05, 0.1) is 24.4 Å². The van der Waals surface area contributed by atoms with E-state index in [1.54, 1.807) is 6.08 Å². The van der Waals surface area contributed by atoms with Crippen molar-refractivity contribution in [1.82, 2.24) is 19.9 Å². The van der Waals surface area contributed by atoms with Crippen LogP contribution in [0, 0.1) is 20.8 Å². The maximum Gasteiger partial charge on any atom is 0.331 e. The van der Waals surface area contributed by atoms with E-state index in [1.807, 2.05) is 49.7 Å². The predicted octanol–water partition coefficient (Wildman–Crippen LogP) is 5.06. The Morgan fingerprint density at radius 3 is 2.63 bits per heavy atom. The highest BCUT2D eigenvalue weighted by molar-refractivity contribution is 5.87.